The van der Waals surface area contributed by atoms with Crippen LogP contribution >= 0.6 is 11.8 Å². The quantitative estimate of drug-likeness (QED) is 0.415. The Morgan fingerprint density at radius 1 is 1.27 bits per heavy atom. The molecule has 0 bridgehead atoms. The molecule has 8 heteroatoms. The first-order chi connectivity index (χ1) is 12.5. The summed E-state index contributed by atoms with van der Waals surface area (Å²) < 4.78 is 4.64. The maximum atomic E-state index is 12.0. The number of esters is 1. The monoisotopic (exact) mass is 375 g/mol. The summed E-state index contributed by atoms with van der Waals surface area (Å²) in [7, 11) is 1.33. The lowest BCUT2D eigenvalue weighted by Gasteiger charge is -2.06. The van der Waals surface area contributed by atoms with Crippen molar-refractivity contribution in [2.45, 2.75) is 31.5 Å². The van der Waals surface area contributed by atoms with E-state index in [4.69, 9.17) is 0 Å². The van der Waals surface area contributed by atoms with Gasteiger partial charge in [-0.05, 0) is 24.1 Å². The van der Waals surface area contributed by atoms with E-state index in [0.29, 0.717) is 17.3 Å². The van der Waals surface area contributed by atoms with Crippen LogP contribution < -0.4 is 10.9 Å². The summed E-state index contributed by atoms with van der Waals surface area (Å²) in [5, 5.41) is 3.23. The molecular weight excluding hydrogens is 354 g/mol. The predicted molar refractivity (Wildman–Crippen MR) is 99.2 cm³/mol. The molecule has 0 spiro atoms. The lowest BCUT2D eigenvalue weighted by atomic mass is 10.1. The number of hydrogen-bond donors (Lipinski definition) is 2. The lowest BCUT2D eigenvalue weighted by molar-refractivity contribution is -0.118. The number of aromatic amines is 1. The summed E-state index contributed by atoms with van der Waals surface area (Å²) in [4.78, 5) is 41.9. The molecule has 138 valence electrons. The van der Waals surface area contributed by atoms with E-state index >= 15 is 0 Å². The van der Waals surface area contributed by atoms with Crippen LogP contribution in [0.2, 0.25) is 0 Å². The van der Waals surface area contributed by atoms with Crippen molar-refractivity contribution < 1.29 is 14.3 Å². The molecule has 0 saturated heterocycles. The van der Waals surface area contributed by atoms with Gasteiger partial charge in [0.15, 0.2) is 5.16 Å². The molecule has 0 unspecified atom stereocenters. The molecule has 0 aliphatic heterocycles. The van der Waals surface area contributed by atoms with Crippen LogP contribution in [0, 0.1) is 0 Å². The van der Waals surface area contributed by atoms with Gasteiger partial charge in [0, 0.05) is 18.3 Å². The molecule has 0 aliphatic rings. The van der Waals surface area contributed by atoms with Gasteiger partial charge in [0.1, 0.15) is 0 Å². The van der Waals surface area contributed by atoms with Gasteiger partial charge in [0.2, 0.25) is 5.91 Å². The zero-order valence-corrected chi connectivity index (χ0v) is 15.5. The minimum atomic E-state index is -0.399. The first-order valence-electron chi connectivity index (χ1n) is 8.18. The first kappa shape index (κ1) is 19.7. The fraction of sp³-hybridized carbons (Fsp3) is 0.333. The third-order valence-electron chi connectivity index (χ3n) is 3.48. The number of ether oxygens (including phenoxy) is 1. The number of aromatic nitrogens is 2. The van der Waals surface area contributed by atoms with E-state index in [9.17, 15) is 14.4 Å². The Balaban J connectivity index is 1.84. The number of methoxy groups -OCH3 is 1. The van der Waals surface area contributed by atoms with Gasteiger partial charge in [0.05, 0.1) is 18.4 Å². The molecule has 26 heavy (non-hydrogen) atoms. The number of thioether (sulfide) groups is 1. The van der Waals surface area contributed by atoms with Crippen LogP contribution in [-0.2, 0) is 22.5 Å². The Bertz CT molecular complexity index is 818. The molecule has 0 atom stereocenters. The van der Waals surface area contributed by atoms with Gasteiger partial charge in [-0.3, -0.25) is 9.59 Å². The minimum Gasteiger partial charge on any atom is -0.465 e. The standard InChI is InChI=1S/C18H21N3O4S/c1-3-4-14-9-15(22)21-18(20-14)26-11-16(23)19-10-12-5-7-13(8-6-12)17(24)25-2/h5-9H,3-4,10-11H2,1-2H3,(H,19,23)(H,20,21,22). The number of hydrogen-bond acceptors (Lipinski definition) is 6. The largest absolute Gasteiger partial charge is 0.465 e. The fourth-order valence-corrected chi connectivity index (χ4v) is 2.92. The lowest BCUT2D eigenvalue weighted by Crippen LogP contribution is -2.25. The molecule has 7 nitrogen and oxygen atoms in total. The summed E-state index contributed by atoms with van der Waals surface area (Å²) >= 11 is 1.19. The van der Waals surface area contributed by atoms with Gasteiger partial charge in [-0.25, -0.2) is 9.78 Å². The Labute approximate surface area is 155 Å². The summed E-state index contributed by atoms with van der Waals surface area (Å²) in [6.45, 7) is 2.36. The van der Waals surface area contributed by atoms with E-state index in [2.05, 4.69) is 20.0 Å². The van der Waals surface area contributed by atoms with Crippen molar-refractivity contribution in [2.75, 3.05) is 12.9 Å². The minimum absolute atomic E-state index is 0.152. The number of carbonyl (C=O) groups excluding carboxylic acids is 2. The van der Waals surface area contributed by atoms with Crippen LogP contribution in [0.25, 0.3) is 0 Å². The number of nitrogens with one attached hydrogen (secondary N) is 2. The van der Waals surface area contributed by atoms with Gasteiger partial charge < -0.3 is 15.0 Å². The molecule has 1 aromatic carbocycles. The average molecular weight is 375 g/mol. The van der Waals surface area contributed by atoms with Gasteiger partial charge in [-0.1, -0.05) is 37.2 Å². The van der Waals surface area contributed by atoms with E-state index in [0.717, 1.165) is 24.1 Å². The highest BCUT2D eigenvalue weighted by Gasteiger charge is 2.08. The molecule has 2 N–H and O–H groups in total. The highest BCUT2D eigenvalue weighted by molar-refractivity contribution is 7.99. The molecule has 0 aliphatic carbocycles. The number of benzene rings is 1. The van der Waals surface area contributed by atoms with Crippen molar-refractivity contribution in [2.24, 2.45) is 0 Å². The number of nitrogens with zero attached hydrogens (tertiary/aromatic N) is 1. The normalized spacial score (nSPS) is 10.4. The Morgan fingerprint density at radius 3 is 2.65 bits per heavy atom. The van der Waals surface area contributed by atoms with Crippen LogP contribution in [0.4, 0.5) is 0 Å². The summed E-state index contributed by atoms with van der Waals surface area (Å²) in [6.07, 6.45) is 1.63. The van der Waals surface area contributed by atoms with Crippen molar-refractivity contribution in [3.05, 3.63) is 57.5 Å². The predicted octanol–water partition coefficient (Wildman–Crippen LogP) is 1.92. The molecule has 2 rings (SSSR count). The second-order valence-corrected chi connectivity index (χ2v) is 6.51. The van der Waals surface area contributed by atoms with Crippen LogP contribution in [0.5, 0.6) is 0 Å². The summed E-state index contributed by atoms with van der Waals surface area (Å²) in [6, 6.07) is 8.29. The zero-order chi connectivity index (χ0) is 18.9. The molecular formula is C18H21N3O4S. The van der Waals surface area contributed by atoms with E-state index in [1.807, 2.05) is 6.92 Å². The Morgan fingerprint density at radius 2 is 2.00 bits per heavy atom. The van der Waals surface area contributed by atoms with Crippen LogP contribution in [0.1, 0.15) is 35.0 Å². The number of carbonyl (C=O) groups is 2. The van der Waals surface area contributed by atoms with Crippen molar-refractivity contribution in [1.82, 2.24) is 15.3 Å². The van der Waals surface area contributed by atoms with Gasteiger partial charge in [-0.2, -0.15) is 0 Å². The summed E-state index contributed by atoms with van der Waals surface area (Å²) in [5.74, 6) is -0.418. The fourth-order valence-electron chi connectivity index (χ4n) is 2.20. The maximum absolute atomic E-state index is 12.0. The van der Waals surface area contributed by atoms with E-state index < -0.39 is 5.97 Å². The van der Waals surface area contributed by atoms with E-state index in [1.165, 1.54) is 24.9 Å². The topological polar surface area (TPSA) is 101 Å². The molecule has 1 heterocycles. The average Bonchev–Trinajstić information content (AvgIpc) is 2.64. The molecule has 0 radical (unpaired) electrons. The van der Waals surface area contributed by atoms with Crippen molar-refractivity contribution >= 4 is 23.6 Å². The van der Waals surface area contributed by atoms with E-state index in [-0.39, 0.29) is 17.2 Å². The second-order valence-electron chi connectivity index (χ2n) is 5.55. The molecule has 2 aromatic rings. The van der Waals surface area contributed by atoms with Crippen molar-refractivity contribution in [3.8, 4) is 0 Å². The van der Waals surface area contributed by atoms with Gasteiger partial charge >= 0.3 is 5.97 Å². The van der Waals surface area contributed by atoms with Crippen LogP contribution in [0.15, 0.2) is 40.3 Å². The molecule has 1 amide bonds. The maximum Gasteiger partial charge on any atom is 0.337 e. The van der Waals surface area contributed by atoms with E-state index in [1.54, 1.807) is 24.3 Å². The highest BCUT2D eigenvalue weighted by atomic mass is 32.2. The molecule has 1 aromatic heterocycles. The van der Waals surface area contributed by atoms with Crippen molar-refractivity contribution in [1.29, 1.82) is 0 Å². The van der Waals surface area contributed by atoms with Crippen molar-refractivity contribution in [3.63, 3.8) is 0 Å². The van der Waals surface area contributed by atoms with Gasteiger partial charge in [0.25, 0.3) is 5.56 Å². The third kappa shape index (κ3) is 6.03. The Hall–Kier alpha value is -2.61. The SMILES string of the molecule is CCCc1cc(=O)[nH]c(SCC(=O)NCc2ccc(C(=O)OC)cc2)n1. The smallest absolute Gasteiger partial charge is 0.337 e. The van der Waals surface area contributed by atoms with Crippen LogP contribution in [-0.4, -0.2) is 34.7 Å². The number of rotatable bonds is 8. The number of amides is 1. The number of aryl methyl sites for hydroxylation is 1. The van der Waals surface area contributed by atoms with Crippen LogP contribution in [0.3, 0.4) is 0 Å². The number of H-pyrrole nitrogens is 1. The third-order valence-corrected chi connectivity index (χ3v) is 4.36. The summed E-state index contributed by atoms with van der Waals surface area (Å²) in [5.41, 5.74) is 1.84. The first-order valence-corrected chi connectivity index (χ1v) is 9.17. The van der Waals surface area contributed by atoms with Gasteiger partial charge in [-0.15, -0.1) is 0 Å². The highest BCUT2D eigenvalue weighted by Crippen LogP contribution is 2.12. The zero-order valence-electron chi connectivity index (χ0n) is 14.7. The second kappa shape index (κ2) is 9.76. The molecule has 0 saturated carbocycles. The Kier molecular flexibility index (Phi) is 7.40. The molecule has 0 fully saturated rings.